The number of hydrogen-bond acceptors (Lipinski definition) is 6. The van der Waals surface area contributed by atoms with Gasteiger partial charge in [0, 0.05) is 35.6 Å². The number of carbonyl (C=O) groups excluding carboxylic acids is 1. The Labute approximate surface area is 215 Å². The maximum Gasteiger partial charge on any atom is 0.267 e. The summed E-state index contributed by atoms with van der Waals surface area (Å²) in [6.45, 7) is 1.79. The van der Waals surface area contributed by atoms with Crippen LogP contribution in [0.1, 0.15) is 28.8 Å². The molecule has 11 heteroatoms. The van der Waals surface area contributed by atoms with Gasteiger partial charge >= 0.3 is 0 Å². The lowest BCUT2D eigenvalue weighted by molar-refractivity contribution is 0.0929. The Hall–Kier alpha value is -4.38. The molecule has 0 radical (unpaired) electrons. The van der Waals surface area contributed by atoms with E-state index < -0.39 is 23.0 Å². The van der Waals surface area contributed by atoms with Crippen LogP contribution in [-0.4, -0.2) is 44.8 Å². The second-order valence-corrected chi connectivity index (χ2v) is 8.96. The highest BCUT2D eigenvalue weighted by molar-refractivity contribution is 5.93. The summed E-state index contributed by atoms with van der Waals surface area (Å²) in [5.74, 6) is -4.08. The lowest BCUT2D eigenvalue weighted by Gasteiger charge is -2.23. The zero-order valence-corrected chi connectivity index (χ0v) is 20.1. The van der Waals surface area contributed by atoms with Crippen molar-refractivity contribution in [2.45, 2.75) is 25.4 Å². The SMILES string of the molecule is O=C(NC1CCNCC1)c1cnc(-c2cccc(Cn3nc(-c4cc(F)c(F)c(F)c4)ccc3=O)c2)nc1. The Balaban J connectivity index is 1.33. The van der Waals surface area contributed by atoms with Crippen LogP contribution >= 0.6 is 0 Å². The van der Waals surface area contributed by atoms with E-state index in [2.05, 4.69) is 25.7 Å². The Morgan fingerprint density at radius 2 is 1.68 bits per heavy atom. The van der Waals surface area contributed by atoms with Crippen LogP contribution < -0.4 is 16.2 Å². The van der Waals surface area contributed by atoms with Crippen LogP contribution in [0.4, 0.5) is 13.2 Å². The van der Waals surface area contributed by atoms with Crippen LogP contribution in [0.2, 0.25) is 0 Å². The third-order valence-electron chi connectivity index (χ3n) is 6.25. The van der Waals surface area contributed by atoms with Crippen molar-refractivity contribution in [3.8, 4) is 22.6 Å². The van der Waals surface area contributed by atoms with Gasteiger partial charge in [-0.3, -0.25) is 9.59 Å². The number of benzene rings is 2. The van der Waals surface area contributed by atoms with Gasteiger partial charge in [0.2, 0.25) is 0 Å². The first-order chi connectivity index (χ1) is 18.4. The minimum absolute atomic E-state index is 0.00146. The summed E-state index contributed by atoms with van der Waals surface area (Å²) >= 11 is 0. The molecule has 1 aliphatic rings. The van der Waals surface area contributed by atoms with Crippen molar-refractivity contribution in [3.05, 3.63) is 99.9 Å². The van der Waals surface area contributed by atoms with Crippen molar-refractivity contribution >= 4 is 5.91 Å². The van der Waals surface area contributed by atoms with Crippen molar-refractivity contribution < 1.29 is 18.0 Å². The van der Waals surface area contributed by atoms with Gasteiger partial charge < -0.3 is 10.6 Å². The van der Waals surface area contributed by atoms with E-state index in [1.165, 1.54) is 24.5 Å². The molecule has 0 bridgehead atoms. The molecule has 0 atom stereocenters. The van der Waals surface area contributed by atoms with Gasteiger partial charge in [-0.15, -0.1) is 0 Å². The van der Waals surface area contributed by atoms with Gasteiger partial charge in [0.15, 0.2) is 23.3 Å². The van der Waals surface area contributed by atoms with Gasteiger partial charge in [0.1, 0.15) is 0 Å². The molecule has 0 saturated carbocycles. The minimum atomic E-state index is -1.57. The van der Waals surface area contributed by atoms with Gasteiger partial charge in [-0.25, -0.2) is 27.8 Å². The molecular weight excluding hydrogens is 497 g/mol. The second-order valence-electron chi connectivity index (χ2n) is 8.96. The first-order valence-corrected chi connectivity index (χ1v) is 12.0. The average molecular weight is 521 g/mol. The molecule has 1 fully saturated rings. The van der Waals surface area contributed by atoms with Crippen molar-refractivity contribution in [1.29, 1.82) is 0 Å². The number of nitrogens with zero attached hydrogens (tertiary/aromatic N) is 4. The molecule has 1 aliphatic heterocycles. The molecule has 1 amide bonds. The second kappa shape index (κ2) is 10.9. The van der Waals surface area contributed by atoms with Crippen molar-refractivity contribution in [3.63, 3.8) is 0 Å². The molecule has 2 aromatic carbocycles. The summed E-state index contributed by atoms with van der Waals surface area (Å²) in [4.78, 5) is 33.6. The number of amides is 1. The lowest BCUT2D eigenvalue weighted by Crippen LogP contribution is -2.42. The summed E-state index contributed by atoms with van der Waals surface area (Å²) in [6, 6.07) is 11.4. The molecule has 0 spiro atoms. The largest absolute Gasteiger partial charge is 0.349 e. The number of nitrogens with one attached hydrogen (secondary N) is 2. The standard InChI is InChI=1S/C27H23F3N6O2/c28-21-11-18(12-22(29)25(21)30)23-4-5-24(37)36(35-23)15-16-2-1-3-17(10-16)26-32-13-19(14-33-26)27(38)34-20-6-8-31-9-7-20/h1-5,10-14,20,31H,6-9,15H2,(H,34,38). The fourth-order valence-electron chi connectivity index (χ4n) is 4.23. The molecule has 5 rings (SSSR count). The molecule has 2 aromatic heterocycles. The number of carbonyl (C=O) groups is 1. The predicted octanol–water partition coefficient (Wildman–Crippen LogP) is 3.31. The van der Waals surface area contributed by atoms with E-state index in [1.54, 1.807) is 24.3 Å². The normalized spacial score (nSPS) is 13.9. The summed E-state index contributed by atoms with van der Waals surface area (Å²) < 4.78 is 41.8. The predicted molar refractivity (Wildman–Crippen MR) is 134 cm³/mol. The van der Waals surface area contributed by atoms with Crippen molar-refractivity contribution in [1.82, 2.24) is 30.4 Å². The summed E-state index contributed by atoms with van der Waals surface area (Å²) in [6.07, 6.45) is 4.69. The lowest BCUT2D eigenvalue weighted by atomic mass is 10.1. The third kappa shape index (κ3) is 5.62. The fraction of sp³-hybridized carbons (Fsp3) is 0.222. The van der Waals surface area contributed by atoms with E-state index in [0.717, 1.165) is 42.7 Å². The van der Waals surface area contributed by atoms with E-state index in [0.29, 0.717) is 22.5 Å². The third-order valence-corrected chi connectivity index (χ3v) is 6.25. The number of aromatic nitrogens is 4. The van der Waals surface area contributed by atoms with Crippen LogP contribution in [0.5, 0.6) is 0 Å². The molecule has 3 heterocycles. The number of hydrogen-bond donors (Lipinski definition) is 2. The van der Waals surface area contributed by atoms with E-state index in [9.17, 15) is 22.8 Å². The van der Waals surface area contributed by atoms with Crippen LogP contribution in [0.25, 0.3) is 22.6 Å². The van der Waals surface area contributed by atoms with Crippen molar-refractivity contribution in [2.24, 2.45) is 0 Å². The highest BCUT2D eigenvalue weighted by atomic mass is 19.2. The molecule has 0 aliphatic carbocycles. The van der Waals surface area contributed by atoms with E-state index in [1.807, 2.05) is 0 Å². The molecule has 38 heavy (non-hydrogen) atoms. The molecule has 1 saturated heterocycles. The first-order valence-electron chi connectivity index (χ1n) is 12.0. The fourth-order valence-corrected chi connectivity index (χ4v) is 4.23. The molecule has 2 N–H and O–H groups in total. The number of piperidine rings is 1. The quantitative estimate of drug-likeness (QED) is 0.379. The molecular formula is C27H23F3N6O2. The van der Waals surface area contributed by atoms with Gasteiger partial charge in [-0.2, -0.15) is 5.10 Å². The van der Waals surface area contributed by atoms with Crippen LogP contribution in [-0.2, 0) is 6.54 Å². The van der Waals surface area contributed by atoms with Crippen LogP contribution in [0.3, 0.4) is 0 Å². The highest BCUT2D eigenvalue weighted by Crippen LogP contribution is 2.22. The van der Waals surface area contributed by atoms with Gasteiger partial charge in [-0.05, 0) is 55.8 Å². The van der Waals surface area contributed by atoms with E-state index in [4.69, 9.17) is 0 Å². The monoisotopic (exact) mass is 520 g/mol. The highest BCUT2D eigenvalue weighted by Gasteiger charge is 2.17. The molecule has 0 unspecified atom stereocenters. The van der Waals surface area contributed by atoms with Gasteiger partial charge in [0.05, 0.1) is 17.8 Å². The summed E-state index contributed by atoms with van der Waals surface area (Å²) in [7, 11) is 0. The Kier molecular flexibility index (Phi) is 7.27. The van der Waals surface area contributed by atoms with Crippen LogP contribution in [0, 0.1) is 17.5 Å². The average Bonchev–Trinajstić information content (AvgIpc) is 2.93. The zero-order chi connectivity index (χ0) is 26.6. The number of halogens is 3. The Morgan fingerprint density at radius 3 is 2.39 bits per heavy atom. The maximum absolute atomic E-state index is 13.7. The minimum Gasteiger partial charge on any atom is -0.349 e. The maximum atomic E-state index is 13.7. The summed E-state index contributed by atoms with van der Waals surface area (Å²) in [5.41, 5.74) is 1.41. The van der Waals surface area contributed by atoms with Crippen LogP contribution in [0.15, 0.2) is 65.7 Å². The molecule has 8 nitrogen and oxygen atoms in total. The molecule has 4 aromatic rings. The molecule has 194 valence electrons. The Morgan fingerprint density at radius 1 is 0.974 bits per heavy atom. The zero-order valence-electron chi connectivity index (χ0n) is 20.1. The Bertz CT molecular complexity index is 1510. The van der Waals surface area contributed by atoms with Gasteiger partial charge in [-0.1, -0.05) is 18.2 Å². The van der Waals surface area contributed by atoms with Crippen molar-refractivity contribution in [2.75, 3.05) is 13.1 Å². The topological polar surface area (TPSA) is 102 Å². The smallest absolute Gasteiger partial charge is 0.267 e. The number of rotatable bonds is 6. The van der Waals surface area contributed by atoms with Gasteiger partial charge in [0.25, 0.3) is 11.5 Å². The first kappa shape index (κ1) is 25.3. The summed E-state index contributed by atoms with van der Waals surface area (Å²) in [5, 5.41) is 10.5. The van der Waals surface area contributed by atoms with E-state index >= 15 is 0 Å². The van der Waals surface area contributed by atoms with E-state index in [-0.39, 0.29) is 29.8 Å².